The molecule has 1 atom stereocenters. The smallest absolute Gasteiger partial charge is 0.224 e. The number of nitrogens with zero attached hydrogens (tertiary/aromatic N) is 3. The Labute approximate surface area is 148 Å². The van der Waals surface area contributed by atoms with Gasteiger partial charge in [0, 0.05) is 50.1 Å². The first kappa shape index (κ1) is 17.4. The zero-order chi connectivity index (χ0) is 17.6. The van der Waals surface area contributed by atoms with E-state index in [1.54, 1.807) is 7.11 Å². The molecule has 0 spiro atoms. The van der Waals surface area contributed by atoms with Gasteiger partial charge in [-0.25, -0.2) is 9.97 Å². The summed E-state index contributed by atoms with van der Waals surface area (Å²) in [4.78, 5) is 22.5. The van der Waals surface area contributed by atoms with Gasteiger partial charge >= 0.3 is 0 Å². The lowest BCUT2D eigenvalue weighted by Crippen LogP contribution is -2.33. The summed E-state index contributed by atoms with van der Waals surface area (Å²) < 4.78 is 5.17. The van der Waals surface area contributed by atoms with Crippen LogP contribution >= 0.6 is 0 Å². The zero-order valence-electron chi connectivity index (χ0n) is 14.7. The summed E-state index contributed by atoms with van der Waals surface area (Å²) in [6.07, 6.45) is 5.06. The summed E-state index contributed by atoms with van der Waals surface area (Å²) in [6.45, 7) is 4.05. The van der Waals surface area contributed by atoms with Crippen molar-refractivity contribution in [2.24, 2.45) is 0 Å². The van der Waals surface area contributed by atoms with Crippen LogP contribution in [-0.2, 0) is 17.8 Å². The Balaban J connectivity index is 1.45. The van der Waals surface area contributed by atoms with Crippen LogP contribution in [-0.4, -0.2) is 47.0 Å². The van der Waals surface area contributed by atoms with Crippen LogP contribution in [0.25, 0.3) is 0 Å². The number of amides is 1. The third-order valence-corrected chi connectivity index (χ3v) is 4.47. The van der Waals surface area contributed by atoms with Gasteiger partial charge in [-0.2, -0.15) is 0 Å². The fraction of sp³-hybridized carbons (Fsp3) is 0.421. The maximum atomic E-state index is 12.2. The molecule has 1 aliphatic heterocycles. The molecule has 6 heteroatoms. The van der Waals surface area contributed by atoms with Crippen LogP contribution in [0.4, 0.5) is 0 Å². The molecule has 0 aliphatic carbocycles. The number of methoxy groups -OCH3 is 1. The van der Waals surface area contributed by atoms with E-state index in [9.17, 15) is 4.79 Å². The maximum Gasteiger partial charge on any atom is 0.224 e. The molecule has 1 unspecified atom stereocenters. The molecular weight excluding hydrogens is 316 g/mol. The largest absolute Gasteiger partial charge is 0.497 e. The number of nitrogens with one attached hydrogen (secondary N) is 1. The quantitative estimate of drug-likeness (QED) is 0.831. The fourth-order valence-corrected chi connectivity index (χ4v) is 2.95. The fourth-order valence-electron chi connectivity index (χ4n) is 2.95. The third kappa shape index (κ3) is 4.76. The number of hydrogen-bond acceptors (Lipinski definition) is 5. The van der Waals surface area contributed by atoms with Crippen molar-refractivity contribution >= 4 is 5.91 Å². The van der Waals surface area contributed by atoms with E-state index in [1.165, 1.54) is 5.56 Å². The molecule has 6 nitrogen and oxygen atoms in total. The molecule has 132 valence electrons. The lowest BCUT2D eigenvalue weighted by Gasteiger charge is -2.17. The van der Waals surface area contributed by atoms with Gasteiger partial charge in [-0.3, -0.25) is 4.79 Å². The second kappa shape index (κ2) is 8.07. The number of benzene rings is 1. The molecule has 1 aromatic heterocycles. The van der Waals surface area contributed by atoms with Crippen molar-refractivity contribution in [1.82, 2.24) is 20.2 Å². The lowest BCUT2D eigenvalue weighted by atomic mass is 10.1. The van der Waals surface area contributed by atoms with Gasteiger partial charge in [0.05, 0.1) is 7.11 Å². The Kier molecular flexibility index (Phi) is 5.60. The second-order valence-corrected chi connectivity index (χ2v) is 6.36. The van der Waals surface area contributed by atoms with Crippen molar-refractivity contribution in [3.8, 4) is 5.75 Å². The predicted molar refractivity (Wildman–Crippen MR) is 95.3 cm³/mol. The number of carbonyl (C=O) groups is 1. The van der Waals surface area contributed by atoms with Gasteiger partial charge in [-0.1, -0.05) is 12.1 Å². The molecule has 3 rings (SSSR count). The minimum atomic E-state index is 0.185. The van der Waals surface area contributed by atoms with E-state index < -0.39 is 0 Å². The van der Waals surface area contributed by atoms with Crippen LogP contribution < -0.4 is 10.1 Å². The normalized spacial score (nSPS) is 17.1. The number of aryl methyl sites for hydroxylation is 1. The van der Waals surface area contributed by atoms with Gasteiger partial charge in [0.2, 0.25) is 5.91 Å². The summed E-state index contributed by atoms with van der Waals surface area (Å²) in [5.74, 6) is 1.83. The first-order valence-corrected chi connectivity index (χ1v) is 8.55. The van der Waals surface area contributed by atoms with E-state index in [4.69, 9.17) is 4.74 Å². The highest BCUT2D eigenvalue weighted by atomic mass is 16.5. The van der Waals surface area contributed by atoms with Crippen LogP contribution in [0.5, 0.6) is 5.75 Å². The molecule has 25 heavy (non-hydrogen) atoms. The third-order valence-electron chi connectivity index (χ3n) is 4.47. The molecular formula is C19H24N4O2. The molecule has 1 aliphatic rings. The monoisotopic (exact) mass is 340 g/mol. The first-order valence-electron chi connectivity index (χ1n) is 8.55. The second-order valence-electron chi connectivity index (χ2n) is 6.36. The van der Waals surface area contributed by atoms with E-state index in [-0.39, 0.29) is 11.9 Å². The molecule has 1 amide bonds. The molecule has 2 aromatic rings. The number of likely N-dealkylation sites (tertiary alicyclic amines) is 1. The molecule has 1 aromatic carbocycles. The van der Waals surface area contributed by atoms with Crippen molar-refractivity contribution in [3.05, 3.63) is 53.6 Å². The van der Waals surface area contributed by atoms with E-state index in [0.29, 0.717) is 13.0 Å². The summed E-state index contributed by atoms with van der Waals surface area (Å²) in [6, 6.07) is 8.19. The standard InChI is InChI=1S/C19H24N4O2/c1-14-20-10-16(11-21-14)12-22-17-9-19(24)23(13-17)8-7-15-3-5-18(25-2)6-4-15/h3-6,10-11,17,22H,7-9,12-13H2,1-2H3. The lowest BCUT2D eigenvalue weighted by molar-refractivity contribution is -0.127. The molecule has 1 N–H and O–H groups in total. The molecule has 0 saturated carbocycles. The molecule has 1 fully saturated rings. The topological polar surface area (TPSA) is 67.3 Å². The summed E-state index contributed by atoms with van der Waals surface area (Å²) in [5, 5.41) is 3.43. The van der Waals surface area contributed by atoms with Crippen LogP contribution in [0.1, 0.15) is 23.4 Å². The molecule has 0 bridgehead atoms. The van der Waals surface area contributed by atoms with Crippen LogP contribution in [0, 0.1) is 6.92 Å². The Morgan fingerprint density at radius 2 is 1.92 bits per heavy atom. The average Bonchev–Trinajstić information content (AvgIpc) is 3.00. The van der Waals surface area contributed by atoms with E-state index in [1.807, 2.05) is 48.5 Å². The summed E-state index contributed by atoms with van der Waals surface area (Å²) in [7, 11) is 1.66. The van der Waals surface area contributed by atoms with Crippen molar-refractivity contribution in [1.29, 1.82) is 0 Å². The number of rotatable bonds is 7. The van der Waals surface area contributed by atoms with Crippen LogP contribution in [0.2, 0.25) is 0 Å². The molecule has 1 saturated heterocycles. The van der Waals surface area contributed by atoms with Gasteiger partial charge in [-0.05, 0) is 31.0 Å². The van der Waals surface area contributed by atoms with Crippen molar-refractivity contribution in [2.75, 3.05) is 20.2 Å². The first-order chi connectivity index (χ1) is 12.1. The highest BCUT2D eigenvalue weighted by molar-refractivity contribution is 5.79. The number of hydrogen-bond donors (Lipinski definition) is 1. The average molecular weight is 340 g/mol. The van der Waals surface area contributed by atoms with Gasteiger partial charge in [0.1, 0.15) is 11.6 Å². The Bertz CT molecular complexity index is 700. The molecule has 2 heterocycles. The highest BCUT2D eigenvalue weighted by Crippen LogP contribution is 2.15. The van der Waals surface area contributed by atoms with E-state index in [2.05, 4.69) is 15.3 Å². The predicted octanol–water partition coefficient (Wildman–Crippen LogP) is 1.73. The van der Waals surface area contributed by atoms with Gasteiger partial charge < -0.3 is 15.0 Å². The van der Waals surface area contributed by atoms with Crippen LogP contribution in [0.15, 0.2) is 36.7 Å². The maximum absolute atomic E-state index is 12.2. The molecule has 0 radical (unpaired) electrons. The Morgan fingerprint density at radius 1 is 1.20 bits per heavy atom. The highest BCUT2D eigenvalue weighted by Gasteiger charge is 2.28. The minimum Gasteiger partial charge on any atom is -0.497 e. The number of aromatic nitrogens is 2. The van der Waals surface area contributed by atoms with Crippen molar-refractivity contribution < 1.29 is 9.53 Å². The number of carbonyl (C=O) groups excluding carboxylic acids is 1. The SMILES string of the molecule is COc1ccc(CCN2CC(NCc3cnc(C)nc3)CC2=O)cc1. The van der Waals surface area contributed by atoms with Crippen molar-refractivity contribution in [2.45, 2.75) is 32.4 Å². The Morgan fingerprint density at radius 3 is 2.60 bits per heavy atom. The van der Waals surface area contributed by atoms with E-state index in [0.717, 1.165) is 36.6 Å². The van der Waals surface area contributed by atoms with Gasteiger partial charge in [0.15, 0.2) is 0 Å². The Hall–Kier alpha value is -2.47. The van der Waals surface area contributed by atoms with Crippen molar-refractivity contribution in [3.63, 3.8) is 0 Å². The number of ether oxygens (including phenoxy) is 1. The van der Waals surface area contributed by atoms with Gasteiger partial charge in [0.25, 0.3) is 0 Å². The van der Waals surface area contributed by atoms with E-state index >= 15 is 0 Å². The zero-order valence-corrected chi connectivity index (χ0v) is 14.7. The minimum absolute atomic E-state index is 0.185. The summed E-state index contributed by atoms with van der Waals surface area (Å²) >= 11 is 0. The van der Waals surface area contributed by atoms with Crippen LogP contribution in [0.3, 0.4) is 0 Å². The summed E-state index contributed by atoms with van der Waals surface area (Å²) in [5.41, 5.74) is 2.25. The van der Waals surface area contributed by atoms with Gasteiger partial charge in [-0.15, -0.1) is 0 Å².